The lowest BCUT2D eigenvalue weighted by Gasteiger charge is -2.04. The van der Waals surface area contributed by atoms with Crippen LogP contribution < -0.4 is 0 Å². The molecule has 0 bridgehead atoms. The summed E-state index contributed by atoms with van der Waals surface area (Å²) >= 11 is 1.65. The van der Waals surface area contributed by atoms with E-state index in [4.69, 9.17) is 0 Å². The van der Waals surface area contributed by atoms with Crippen LogP contribution in [0.25, 0.3) is 0 Å². The Kier molecular flexibility index (Phi) is 4.80. The van der Waals surface area contributed by atoms with Gasteiger partial charge in [0, 0.05) is 23.3 Å². The summed E-state index contributed by atoms with van der Waals surface area (Å²) in [5, 5.41) is 1.99. The number of benzene rings is 1. The van der Waals surface area contributed by atoms with Crippen LogP contribution in [0, 0.1) is 11.6 Å². The number of halogens is 2. The summed E-state index contributed by atoms with van der Waals surface area (Å²) in [6, 6.07) is 7.65. The monoisotopic (exact) mass is 280 g/mol. The van der Waals surface area contributed by atoms with Gasteiger partial charge in [-0.1, -0.05) is 12.1 Å². The van der Waals surface area contributed by atoms with Crippen molar-refractivity contribution in [2.24, 2.45) is 0 Å². The summed E-state index contributed by atoms with van der Waals surface area (Å²) < 4.78 is 26.7. The average Bonchev–Trinajstić information content (AvgIpc) is 2.87. The number of thiophene rings is 1. The van der Waals surface area contributed by atoms with Gasteiger partial charge in [0.05, 0.1) is 0 Å². The first-order chi connectivity index (χ1) is 9.16. The van der Waals surface area contributed by atoms with Crippen LogP contribution in [0.3, 0.4) is 0 Å². The molecule has 0 amide bonds. The molecule has 100 valence electrons. The molecule has 19 heavy (non-hydrogen) atoms. The van der Waals surface area contributed by atoms with Crippen molar-refractivity contribution in [2.75, 3.05) is 0 Å². The predicted octanol–water partition coefficient (Wildman–Crippen LogP) is 4.16. The molecule has 2 rings (SSSR count). The van der Waals surface area contributed by atoms with E-state index in [9.17, 15) is 13.6 Å². The Morgan fingerprint density at radius 3 is 2.47 bits per heavy atom. The van der Waals surface area contributed by atoms with Crippen molar-refractivity contribution in [1.82, 2.24) is 0 Å². The molecule has 0 aliphatic heterocycles. The van der Waals surface area contributed by atoms with Gasteiger partial charge in [-0.05, 0) is 36.4 Å². The maximum Gasteiger partial charge on any atom is 0.137 e. The van der Waals surface area contributed by atoms with E-state index in [1.165, 1.54) is 23.1 Å². The Morgan fingerprint density at radius 1 is 1.11 bits per heavy atom. The molecule has 4 heteroatoms. The second-order valence-electron chi connectivity index (χ2n) is 4.35. The smallest absolute Gasteiger partial charge is 0.137 e. The van der Waals surface area contributed by atoms with Gasteiger partial charge < -0.3 is 0 Å². The first-order valence-corrected chi connectivity index (χ1v) is 7.02. The molecule has 0 aliphatic carbocycles. The zero-order chi connectivity index (χ0) is 13.7. The zero-order valence-corrected chi connectivity index (χ0v) is 11.2. The Morgan fingerprint density at radius 2 is 1.84 bits per heavy atom. The van der Waals surface area contributed by atoms with E-state index < -0.39 is 11.6 Å². The summed E-state index contributed by atoms with van der Waals surface area (Å²) in [7, 11) is 0. The lowest BCUT2D eigenvalue weighted by Crippen LogP contribution is -2.07. The Balaban J connectivity index is 1.84. The summed E-state index contributed by atoms with van der Waals surface area (Å²) in [4.78, 5) is 12.9. The molecular weight excluding hydrogens is 266 g/mol. The zero-order valence-electron chi connectivity index (χ0n) is 10.4. The standard InChI is InChI=1S/C15H14F2OS/c16-14-7-2-8-15(17)13(14)10-11(18)4-1-5-12-6-3-9-19-12/h2-3,6-9H,1,4-5,10H2. The van der Waals surface area contributed by atoms with E-state index in [0.29, 0.717) is 6.42 Å². The third-order valence-corrected chi connectivity index (χ3v) is 3.83. The van der Waals surface area contributed by atoms with Crippen molar-refractivity contribution < 1.29 is 13.6 Å². The molecule has 1 aromatic heterocycles. The van der Waals surface area contributed by atoms with Crippen LogP contribution in [0.1, 0.15) is 23.3 Å². The van der Waals surface area contributed by atoms with Crippen molar-refractivity contribution in [3.63, 3.8) is 0 Å². The number of hydrogen-bond donors (Lipinski definition) is 0. The molecule has 2 aromatic rings. The summed E-state index contributed by atoms with van der Waals surface area (Å²) in [6.45, 7) is 0. The molecule has 0 fully saturated rings. The number of hydrogen-bond acceptors (Lipinski definition) is 2. The van der Waals surface area contributed by atoms with Crippen LogP contribution in [0.4, 0.5) is 8.78 Å². The summed E-state index contributed by atoms with van der Waals surface area (Å²) in [5.74, 6) is -1.42. The molecule has 0 unspecified atom stereocenters. The fourth-order valence-corrected chi connectivity index (χ4v) is 2.65. The third kappa shape index (κ3) is 3.96. The highest BCUT2D eigenvalue weighted by Gasteiger charge is 2.12. The van der Waals surface area contributed by atoms with Crippen LogP contribution in [-0.2, 0) is 17.6 Å². The minimum Gasteiger partial charge on any atom is -0.299 e. The molecule has 0 spiro atoms. The predicted molar refractivity (Wildman–Crippen MR) is 72.3 cm³/mol. The van der Waals surface area contributed by atoms with E-state index in [-0.39, 0.29) is 17.8 Å². The van der Waals surface area contributed by atoms with Crippen molar-refractivity contribution in [1.29, 1.82) is 0 Å². The normalized spacial score (nSPS) is 10.6. The van der Waals surface area contributed by atoms with Gasteiger partial charge in [0.1, 0.15) is 17.4 Å². The lowest BCUT2D eigenvalue weighted by molar-refractivity contribution is -0.118. The quantitative estimate of drug-likeness (QED) is 0.776. The Hall–Kier alpha value is -1.55. The van der Waals surface area contributed by atoms with Gasteiger partial charge in [0.15, 0.2) is 0 Å². The second-order valence-corrected chi connectivity index (χ2v) is 5.38. The number of aryl methyl sites for hydroxylation is 1. The van der Waals surface area contributed by atoms with Crippen LogP contribution in [0.15, 0.2) is 35.7 Å². The molecule has 0 radical (unpaired) electrons. The number of carbonyl (C=O) groups is 1. The minimum atomic E-state index is -0.647. The van der Waals surface area contributed by atoms with Crippen LogP contribution >= 0.6 is 11.3 Å². The van der Waals surface area contributed by atoms with E-state index in [1.807, 2.05) is 17.5 Å². The fraction of sp³-hybridized carbons (Fsp3) is 0.267. The van der Waals surface area contributed by atoms with Gasteiger partial charge in [-0.25, -0.2) is 8.78 Å². The van der Waals surface area contributed by atoms with Crippen LogP contribution in [-0.4, -0.2) is 5.78 Å². The second kappa shape index (κ2) is 6.57. The van der Waals surface area contributed by atoms with E-state index >= 15 is 0 Å². The maximum atomic E-state index is 13.4. The molecule has 1 heterocycles. The van der Waals surface area contributed by atoms with Gasteiger partial charge in [-0.15, -0.1) is 11.3 Å². The van der Waals surface area contributed by atoms with Gasteiger partial charge in [0.2, 0.25) is 0 Å². The summed E-state index contributed by atoms with van der Waals surface area (Å²) in [5.41, 5.74) is -0.122. The number of carbonyl (C=O) groups excluding carboxylic acids is 1. The maximum absolute atomic E-state index is 13.4. The van der Waals surface area contributed by atoms with Crippen molar-refractivity contribution in [3.8, 4) is 0 Å². The van der Waals surface area contributed by atoms with Crippen LogP contribution in [0.2, 0.25) is 0 Å². The molecule has 0 atom stereocenters. The number of Topliss-reactive ketones (excluding diaryl/α,β-unsaturated/α-hetero) is 1. The van der Waals surface area contributed by atoms with E-state index in [2.05, 4.69) is 0 Å². The first-order valence-electron chi connectivity index (χ1n) is 6.14. The Labute approximate surface area is 114 Å². The fourth-order valence-electron chi connectivity index (χ4n) is 1.90. The molecule has 1 nitrogen and oxygen atoms in total. The lowest BCUT2D eigenvalue weighted by atomic mass is 10.0. The molecule has 0 saturated carbocycles. The van der Waals surface area contributed by atoms with E-state index in [1.54, 1.807) is 11.3 Å². The van der Waals surface area contributed by atoms with Crippen molar-refractivity contribution in [2.45, 2.75) is 25.7 Å². The number of ketones is 1. The highest BCUT2D eigenvalue weighted by atomic mass is 32.1. The first kappa shape index (κ1) is 13.9. The van der Waals surface area contributed by atoms with Crippen LogP contribution in [0.5, 0.6) is 0 Å². The van der Waals surface area contributed by atoms with Gasteiger partial charge >= 0.3 is 0 Å². The minimum absolute atomic E-state index is 0.122. The molecule has 0 N–H and O–H groups in total. The molecule has 1 aromatic carbocycles. The Bertz CT molecular complexity index is 529. The highest BCUT2D eigenvalue weighted by Crippen LogP contribution is 2.16. The highest BCUT2D eigenvalue weighted by molar-refractivity contribution is 7.09. The van der Waals surface area contributed by atoms with Crippen molar-refractivity contribution in [3.05, 3.63) is 57.8 Å². The number of rotatable bonds is 6. The molecular formula is C15H14F2OS. The summed E-state index contributed by atoms with van der Waals surface area (Å²) in [6.07, 6.45) is 1.74. The molecule has 0 saturated heterocycles. The molecule has 0 aliphatic rings. The average molecular weight is 280 g/mol. The largest absolute Gasteiger partial charge is 0.299 e. The topological polar surface area (TPSA) is 17.1 Å². The van der Waals surface area contributed by atoms with Gasteiger partial charge in [-0.3, -0.25) is 4.79 Å². The van der Waals surface area contributed by atoms with E-state index in [0.717, 1.165) is 12.8 Å². The third-order valence-electron chi connectivity index (χ3n) is 2.89. The van der Waals surface area contributed by atoms with Gasteiger partial charge in [0.25, 0.3) is 0 Å². The van der Waals surface area contributed by atoms with Crippen molar-refractivity contribution >= 4 is 17.1 Å². The van der Waals surface area contributed by atoms with Gasteiger partial charge in [-0.2, -0.15) is 0 Å². The SMILES string of the molecule is O=C(CCCc1cccs1)Cc1c(F)cccc1F.